The van der Waals surface area contributed by atoms with E-state index < -0.39 is 0 Å². The number of hydrogen-bond donors (Lipinski definition) is 0. The van der Waals surface area contributed by atoms with Crippen molar-refractivity contribution in [1.29, 1.82) is 0 Å². The fourth-order valence-corrected chi connectivity index (χ4v) is 3.85. The van der Waals surface area contributed by atoms with Gasteiger partial charge >= 0.3 is 0 Å². The van der Waals surface area contributed by atoms with E-state index in [1.54, 1.807) is 24.2 Å². The highest BCUT2D eigenvalue weighted by Crippen LogP contribution is 2.37. The summed E-state index contributed by atoms with van der Waals surface area (Å²) in [7, 11) is 0. The molecule has 0 bridgehead atoms. The highest BCUT2D eigenvalue weighted by atomic mass is 35.5. The first-order chi connectivity index (χ1) is 11.2. The van der Waals surface area contributed by atoms with Gasteiger partial charge in [-0.1, -0.05) is 41.6 Å². The van der Waals surface area contributed by atoms with Crippen molar-refractivity contribution in [2.24, 2.45) is 0 Å². The van der Waals surface area contributed by atoms with Crippen LogP contribution in [0.5, 0.6) is 0 Å². The van der Waals surface area contributed by atoms with Crippen molar-refractivity contribution in [2.45, 2.75) is 30.8 Å². The Hall–Kier alpha value is -1.85. The standard InChI is InChI=1S/C17H17ClN4S/c1-3-22-16(13-8-10-19-11-9-13)20-21-17(22)23-12(2)14-6-4-5-7-15(14)18/h4-12H,3H2,1-2H3. The number of thioether (sulfide) groups is 1. The molecule has 0 N–H and O–H groups in total. The Labute approximate surface area is 144 Å². The third-order valence-electron chi connectivity index (χ3n) is 3.60. The van der Waals surface area contributed by atoms with Crippen LogP contribution in [0.4, 0.5) is 0 Å². The Kier molecular flexibility index (Phi) is 4.98. The van der Waals surface area contributed by atoms with Crippen LogP contribution in [0.3, 0.4) is 0 Å². The number of halogens is 1. The summed E-state index contributed by atoms with van der Waals surface area (Å²) in [6.45, 7) is 5.03. The first-order valence-electron chi connectivity index (χ1n) is 7.45. The molecule has 0 fully saturated rings. The maximum atomic E-state index is 6.30. The molecule has 6 heteroatoms. The SMILES string of the molecule is CCn1c(SC(C)c2ccccc2Cl)nnc1-c1ccncc1. The summed E-state index contributed by atoms with van der Waals surface area (Å²) in [5.41, 5.74) is 2.13. The molecule has 118 valence electrons. The molecule has 23 heavy (non-hydrogen) atoms. The molecule has 3 aromatic rings. The molecule has 0 aliphatic heterocycles. The zero-order valence-electron chi connectivity index (χ0n) is 13.0. The average molecular weight is 345 g/mol. The molecule has 2 heterocycles. The normalized spacial score (nSPS) is 12.3. The van der Waals surface area contributed by atoms with Crippen LogP contribution >= 0.6 is 23.4 Å². The van der Waals surface area contributed by atoms with Gasteiger partial charge in [0.2, 0.25) is 0 Å². The highest BCUT2D eigenvalue weighted by Gasteiger charge is 2.18. The lowest BCUT2D eigenvalue weighted by molar-refractivity contribution is 0.685. The van der Waals surface area contributed by atoms with Crippen molar-refractivity contribution in [2.75, 3.05) is 0 Å². The fraction of sp³-hybridized carbons (Fsp3) is 0.235. The molecule has 0 spiro atoms. The van der Waals surface area contributed by atoms with E-state index >= 15 is 0 Å². The predicted octanol–water partition coefficient (Wildman–Crippen LogP) is 4.87. The van der Waals surface area contributed by atoms with Gasteiger partial charge in [0.15, 0.2) is 11.0 Å². The van der Waals surface area contributed by atoms with Crippen molar-refractivity contribution in [1.82, 2.24) is 19.7 Å². The molecular weight excluding hydrogens is 328 g/mol. The molecular formula is C17H17ClN4S. The monoisotopic (exact) mass is 344 g/mol. The van der Waals surface area contributed by atoms with Crippen molar-refractivity contribution in [3.63, 3.8) is 0 Å². The van der Waals surface area contributed by atoms with E-state index in [1.165, 1.54) is 0 Å². The van der Waals surface area contributed by atoms with Crippen LogP contribution < -0.4 is 0 Å². The van der Waals surface area contributed by atoms with Crippen LogP contribution in [-0.4, -0.2) is 19.7 Å². The highest BCUT2D eigenvalue weighted by molar-refractivity contribution is 7.99. The molecule has 0 radical (unpaired) electrons. The van der Waals surface area contributed by atoms with Crippen molar-refractivity contribution >= 4 is 23.4 Å². The van der Waals surface area contributed by atoms with Crippen LogP contribution in [0.1, 0.15) is 24.7 Å². The maximum absolute atomic E-state index is 6.30. The van der Waals surface area contributed by atoms with Gasteiger partial charge in [-0.3, -0.25) is 4.98 Å². The predicted molar refractivity (Wildman–Crippen MR) is 94.7 cm³/mol. The molecule has 0 saturated carbocycles. The summed E-state index contributed by atoms with van der Waals surface area (Å²) in [4.78, 5) is 4.05. The number of nitrogens with zero attached hydrogens (tertiary/aromatic N) is 4. The summed E-state index contributed by atoms with van der Waals surface area (Å²) < 4.78 is 2.12. The summed E-state index contributed by atoms with van der Waals surface area (Å²) in [6.07, 6.45) is 3.53. The van der Waals surface area contributed by atoms with Gasteiger partial charge in [0, 0.05) is 34.8 Å². The van der Waals surface area contributed by atoms with E-state index in [4.69, 9.17) is 11.6 Å². The molecule has 2 aromatic heterocycles. The van der Waals surface area contributed by atoms with E-state index in [9.17, 15) is 0 Å². The average Bonchev–Trinajstić information content (AvgIpc) is 2.98. The van der Waals surface area contributed by atoms with Gasteiger partial charge in [-0.05, 0) is 37.6 Å². The first-order valence-corrected chi connectivity index (χ1v) is 8.71. The molecule has 4 nitrogen and oxygen atoms in total. The van der Waals surface area contributed by atoms with Crippen LogP contribution in [0.25, 0.3) is 11.4 Å². The first kappa shape index (κ1) is 16.0. The topological polar surface area (TPSA) is 43.6 Å². The summed E-state index contributed by atoms with van der Waals surface area (Å²) >= 11 is 7.96. The lowest BCUT2D eigenvalue weighted by Gasteiger charge is -2.13. The smallest absolute Gasteiger partial charge is 0.192 e. The van der Waals surface area contributed by atoms with E-state index in [2.05, 4.69) is 39.7 Å². The lowest BCUT2D eigenvalue weighted by Crippen LogP contribution is -2.01. The second-order valence-corrected chi connectivity index (χ2v) is 6.78. The molecule has 0 aliphatic carbocycles. The molecule has 0 amide bonds. The molecule has 3 rings (SSSR count). The minimum absolute atomic E-state index is 0.198. The van der Waals surface area contributed by atoms with E-state index in [-0.39, 0.29) is 5.25 Å². The number of aromatic nitrogens is 4. The van der Waals surface area contributed by atoms with Crippen LogP contribution in [0.15, 0.2) is 53.9 Å². The number of rotatable bonds is 5. The number of pyridine rings is 1. The van der Waals surface area contributed by atoms with Gasteiger partial charge in [-0.15, -0.1) is 10.2 Å². The third-order valence-corrected chi connectivity index (χ3v) is 5.06. The Balaban J connectivity index is 1.90. The largest absolute Gasteiger partial charge is 0.302 e. The van der Waals surface area contributed by atoms with Gasteiger partial charge < -0.3 is 4.57 Å². The molecule has 1 atom stereocenters. The summed E-state index contributed by atoms with van der Waals surface area (Å²) in [5, 5.41) is 10.6. The van der Waals surface area contributed by atoms with Crippen LogP contribution in [0, 0.1) is 0 Å². The quantitative estimate of drug-likeness (QED) is 0.619. The van der Waals surface area contributed by atoms with Gasteiger partial charge in [0.05, 0.1) is 0 Å². The number of hydrogen-bond acceptors (Lipinski definition) is 4. The molecule has 0 saturated heterocycles. The minimum atomic E-state index is 0.198. The third kappa shape index (κ3) is 3.41. The van der Waals surface area contributed by atoms with Crippen molar-refractivity contribution in [3.05, 3.63) is 59.4 Å². The fourth-order valence-electron chi connectivity index (χ4n) is 2.40. The Morgan fingerprint density at radius 2 is 1.87 bits per heavy atom. The van der Waals surface area contributed by atoms with E-state index in [1.807, 2.05) is 30.3 Å². The van der Waals surface area contributed by atoms with Crippen molar-refractivity contribution < 1.29 is 0 Å². The summed E-state index contributed by atoms with van der Waals surface area (Å²) in [6, 6.07) is 11.8. The zero-order chi connectivity index (χ0) is 16.2. The second kappa shape index (κ2) is 7.15. The Morgan fingerprint density at radius 3 is 2.57 bits per heavy atom. The molecule has 0 aliphatic rings. The zero-order valence-corrected chi connectivity index (χ0v) is 14.6. The van der Waals surface area contributed by atoms with Crippen LogP contribution in [0.2, 0.25) is 5.02 Å². The lowest BCUT2D eigenvalue weighted by atomic mass is 10.2. The van der Waals surface area contributed by atoms with Gasteiger partial charge in [0.25, 0.3) is 0 Å². The maximum Gasteiger partial charge on any atom is 0.192 e. The van der Waals surface area contributed by atoms with Gasteiger partial charge in [-0.25, -0.2) is 0 Å². The second-order valence-electron chi connectivity index (χ2n) is 5.07. The van der Waals surface area contributed by atoms with Gasteiger partial charge in [0.1, 0.15) is 0 Å². The molecule has 1 aromatic carbocycles. The van der Waals surface area contributed by atoms with Crippen molar-refractivity contribution in [3.8, 4) is 11.4 Å². The number of benzene rings is 1. The van der Waals surface area contributed by atoms with Gasteiger partial charge in [-0.2, -0.15) is 0 Å². The molecule has 1 unspecified atom stereocenters. The van der Waals surface area contributed by atoms with Crippen LogP contribution in [-0.2, 0) is 6.54 Å². The Bertz CT molecular complexity index is 788. The van der Waals surface area contributed by atoms with E-state index in [0.29, 0.717) is 0 Å². The summed E-state index contributed by atoms with van der Waals surface area (Å²) in [5.74, 6) is 0.865. The minimum Gasteiger partial charge on any atom is -0.302 e. The van der Waals surface area contributed by atoms with E-state index in [0.717, 1.165) is 33.7 Å². The Morgan fingerprint density at radius 1 is 1.13 bits per heavy atom.